The lowest BCUT2D eigenvalue weighted by Gasteiger charge is -2.30. The highest BCUT2D eigenvalue weighted by molar-refractivity contribution is 7.80. The van der Waals surface area contributed by atoms with Crippen molar-refractivity contribution in [2.45, 2.75) is 64.1 Å². The molecule has 1 aliphatic carbocycles. The molecule has 3 aliphatic rings. The fourth-order valence-electron chi connectivity index (χ4n) is 6.10. The second kappa shape index (κ2) is 10.1. The van der Waals surface area contributed by atoms with Gasteiger partial charge in [0.05, 0.1) is 31.0 Å². The van der Waals surface area contributed by atoms with E-state index in [0.717, 1.165) is 56.6 Å². The largest absolute Gasteiger partial charge is 0.379 e. The van der Waals surface area contributed by atoms with Crippen LogP contribution in [0.1, 0.15) is 72.9 Å². The number of aromatic nitrogens is 2. The van der Waals surface area contributed by atoms with Crippen LogP contribution in [0.4, 0.5) is 0 Å². The molecule has 2 saturated heterocycles. The van der Waals surface area contributed by atoms with Crippen LogP contribution in [-0.4, -0.2) is 63.9 Å². The van der Waals surface area contributed by atoms with Crippen LogP contribution in [0.3, 0.4) is 0 Å². The van der Waals surface area contributed by atoms with Gasteiger partial charge >= 0.3 is 0 Å². The van der Waals surface area contributed by atoms with Crippen LogP contribution in [0.25, 0.3) is 0 Å². The highest BCUT2D eigenvalue weighted by Crippen LogP contribution is 2.42. The third-order valence-corrected chi connectivity index (χ3v) is 8.06. The fourth-order valence-corrected chi connectivity index (χ4v) is 6.43. The number of pyridine rings is 1. The molecule has 2 aliphatic heterocycles. The summed E-state index contributed by atoms with van der Waals surface area (Å²) < 4.78 is 8.11. The number of ether oxygens (including phenoxy) is 1. The van der Waals surface area contributed by atoms with Crippen molar-refractivity contribution in [3.05, 3.63) is 53.1 Å². The number of nitrogens with zero attached hydrogens (tertiary/aromatic N) is 4. The molecule has 0 bridgehead atoms. The van der Waals surface area contributed by atoms with Gasteiger partial charge in [-0.2, -0.15) is 0 Å². The number of thiocarbonyl (C=S) groups is 1. The van der Waals surface area contributed by atoms with Crippen molar-refractivity contribution in [3.63, 3.8) is 0 Å². The normalized spacial score (nSPS) is 24.5. The van der Waals surface area contributed by atoms with Gasteiger partial charge in [-0.1, -0.05) is 18.9 Å². The van der Waals surface area contributed by atoms with Crippen molar-refractivity contribution >= 4 is 17.3 Å². The summed E-state index contributed by atoms with van der Waals surface area (Å²) in [6.45, 7) is 10.4. The first-order valence-electron chi connectivity index (χ1n) is 12.6. The molecule has 33 heavy (non-hydrogen) atoms. The zero-order valence-corrected chi connectivity index (χ0v) is 20.8. The highest BCUT2D eigenvalue weighted by Gasteiger charge is 2.41. The number of morpholine rings is 1. The molecule has 6 nitrogen and oxygen atoms in total. The van der Waals surface area contributed by atoms with Crippen LogP contribution >= 0.6 is 12.2 Å². The molecular weight excluding hydrogens is 430 g/mol. The maximum Gasteiger partial charge on any atom is 0.170 e. The van der Waals surface area contributed by atoms with Crippen molar-refractivity contribution in [1.29, 1.82) is 0 Å². The Kier molecular flexibility index (Phi) is 6.99. The summed E-state index contributed by atoms with van der Waals surface area (Å²) in [5.74, 6) is 0. The topological polar surface area (TPSA) is 45.6 Å². The van der Waals surface area contributed by atoms with Crippen LogP contribution in [0.15, 0.2) is 30.5 Å². The maximum absolute atomic E-state index is 5.90. The molecule has 1 N–H and O–H groups in total. The molecule has 0 spiro atoms. The molecule has 7 heteroatoms. The quantitative estimate of drug-likeness (QED) is 0.613. The Morgan fingerprint density at radius 2 is 1.91 bits per heavy atom. The van der Waals surface area contributed by atoms with E-state index in [4.69, 9.17) is 21.9 Å². The van der Waals surface area contributed by atoms with Gasteiger partial charge in [-0.3, -0.25) is 9.88 Å². The molecule has 0 unspecified atom stereocenters. The van der Waals surface area contributed by atoms with Crippen molar-refractivity contribution in [1.82, 2.24) is 24.7 Å². The third kappa shape index (κ3) is 4.68. The van der Waals surface area contributed by atoms with E-state index in [1.165, 1.54) is 42.6 Å². The maximum atomic E-state index is 5.90. The first kappa shape index (κ1) is 22.8. The van der Waals surface area contributed by atoms with Crippen LogP contribution in [0.5, 0.6) is 0 Å². The Hall–Kier alpha value is -1.96. The van der Waals surface area contributed by atoms with E-state index >= 15 is 0 Å². The first-order valence-corrected chi connectivity index (χ1v) is 13.0. The van der Waals surface area contributed by atoms with E-state index in [0.29, 0.717) is 6.04 Å². The summed E-state index contributed by atoms with van der Waals surface area (Å²) in [7, 11) is 0. The molecule has 0 radical (unpaired) electrons. The van der Waals surface area contributed by atoms with Gasteiger partial charge in [0.2, 0.25) is 0 Å². The predicted molar refractivity (Wildman–Crippen MR) is 135 cm³/mol. The monoisotopic (exact) mass is 467 g/mol. The Labute approximate surface area is 203 Å². The minimum Gasteiger partial charge on any atom is -0.379 e. The van der Waals surface area contributed by atoms with E-state index in [1.54, 1.807) is 0 Å². The Morgan fingerprint density at radius 3 is 2.64 bits per heavy atom. The zero-order chi connectivity index (χ0) is 22.8. The lowest BCUT2D eigenvalue weighted by atomic mass is 9.96. The van der Waals surface area contributed by atoms with E-state index in [-0.39, 0.29) is 12.1 Å². The predicted octanol–water partition coefficient (Wildman–Crippen LogP) is 4.31. The summed E-state index contributed by atoms with van der Waals surface area (Å²) in [5.41, 5.74) is 5.23. The van der Waals surface area contributed by atoms with E-state index in [9.17, 15) is 0 Å². The van der Waals surface area contributed by atoms with Gasteiger partial charge in [0.15, 0.2) is 5.11 Å². The Bertz CT molecular complexity index is 949. The molecule has 2 aromatic rings. The number of hydrogen-bond acceptors (Lipinski definition) is 4. The van der Waals surface area contributed by atoms with Crippen LogP contribution < -0.4 is 5.32 Å². The smallest absolute Gasteiger partial charge is 0.170 e. The lowest BCUT2D eigenvalue weighted by Crippen LogP contribution is -2.39. The number of nitrogens with one attached hydrogen (secondary N) is 1. The Balaban J connectivity index is 1.43. The minimum atomic E-state index is 0.0691. The second-order valence-corrected chi connectivity index (χ2v) is 10.1. The second-order valence-electron chi connectivity index (χ2n) is 9.76. The van der Waals surface area contributed by atoms with Crippen molar-refractivity contribution in [2.75, 3.05) is 39.4 Å². The van der Waals surface area contributed by atoms with Gasteiger partial charge < -0.3 is 19.5 Å². The summed E-state index contributed by atoms with van der Waals surface area (Å²) in [4.78, 5) is 9.65. The average molecular weight is 468 g/mol. The molecule has 1 saturated carbocycles. The number of hydrogen-bond donors (Lipinski definition) is 1. The average Bonchev–Trinajstić information content (AvgIpc) is 3.54. The molecule has 3 fully saturated rings. The lowest BCUT2D eigenvalue weighted by molar-refractivity contribution is 0.0365. The van der Waals surface area contributed by atoms with Crippen LogP contribution in [0, 0.1) is 13.8 Å². The first-order chi connectivity index (χ1) is 16.1. The summed E-state index contributed by atoms with van der Waals surface area (Å²) in [5, 5.41) is 4.49. The number of rotatable bonds is 7. The van der Waals surface area contributed by atoms with Gasteiger partial charge in [0.25, 0.3) is 0 Å². The van der Waals surface area contributed by atoms with E-state index in [2.05, 4.69) is 51.7 Å². The van der Waals surface area contributed by atoms with E-state index in [1.807, 2.05) is 12.3 Å². The molecule has 178 valence electrons. The molecule has 5 rings (SSSR count). The standard InChI is InChI=1S/C26H37N5OS/c1-19-18-22(20(2)31(19)21-8-3-4-9-21)25-24(23-10-5-6-11-27-23)28-26(33)30(25)13-7-12-29-14-16-32-17-15-29/h5-6,10-11,18,21,24-25H,3-4,7-9,12-17H2,1-2H3,(H,28,33)/t24-,25+/m1/s1. The summed E-state index contributed by atoms with van der Waals surface area (Å²) in [6.07, 6.45) is 8.26. The molecule has 2 aromatic heterocycles. The molecular formula is C26H37N5OS. The van der Waals surface area contributed by atoms with Gasteiger partial charge in [-0.25, -0.2) is 0 Å². The van der Waals surface area contributed by atoms with Crippen LogP contribution in [-0.2, 0) is 4.74 Å². The molecule has 0 aromatic carbocycles. The number of aryl methyl sites for hydroxylation is 1. The highest BCUT2D eigenvalue weighted by atomic mass is 32.1. The van der Waals surface area contributed by atoms with Crippen molar-refractivity contribution in [2.24, 2.45) is 0 Å². The minimum absolute atomic E-state index is 0.0691. The van der Waals surface area contributed by atoms with Gasteiger partial charge in [0.1, 0.15) is 0 Å². The van der Waals surface area contributed by atoms with Gasteiger partial charge in [-0.15, -0.1) is 0 Å². The zero-order valence-electron chi connectivity index (χ0n) is 20.0. The van der Waals surface area contributed by atoms with Crippen LogP contribution in [0.2, 0.25) is 0 Å². The van der Waals surface area contributed by atoms with Crippen molar-refractivity contribution < 1.29 is 4.74 Å². The third-order valence-electron chi connectivity index (χ3n) is 7.71. The summed E-state index contributed by atoms with van der Waals surface area (Å²) >= 11 is 5.90. The van der Waals surface area contributed by atoms with Gasteiger partial charge in [0, 0.05) is 49.8 Å². The molecule has 2 atom stereocenters. The van der Waals surface area contributed by atoms with Gasteiger partial charge in [-0.05, 0) is 69.1 Å². The Morgan fingerprint density at radius 1 is 1.12 bits per heavy atom. The molecule has 4 heterocycles. The SMILES string of the molecule is Cc1cc([C@H]2[C@@H](c3ccccn3)NC(=S)N2CCCN2CCOCC2)c(C)n1C1CCCC1. The van der Waals surface area contributed by atoms with E-state index < -0.39 is 0 Å². The summed E-state index contributed by atoms with van der Waals surface area (Å²) in [6, 6.07) is 9.48. The van der Waals surface area contributed by atoms with Crippen molar-refractivity contribution in [3.8, 4) is 0 Å². The fraction of sp³-hybridized carbons (Fsp3) is 0.615. The molecule has 0 amide bonds.